The number of anilines is 1. The fourth-order valence-corrected chi connectivity index (χ4v) is 2.14. The highest BCUT2D eigenvalue weighted by atomic mass is 16.5. The van der Waals surface area contributed by atoms with Crippen LogP contribution in [0.4, 0.5) is 5.69 Å². The molecule has 1 aromatic rings. The van der Waals surface area contributed by atoms with E-state index in [0.29, 0.717) is 18.0 Å². The molecule has 0 aromatic heterocycles. The van der Waals surface area contributed by atoms with Crippen molar-refractivity contribution in [2.45, 2.75) is 12.8 Å². The number of benzene rings is 1. The maximum Gasteiger partial charge on any atom is 0.255 e. The molecular weight excluding hydrogens is 258 g/mol. The maximum atomic E-state index is 12.1. The molecule has 1 saturated heterocycles. The van der Waals surface area contributed by atoms with Gasteiger partial charge in [-0.25, -0.2) is 0 Å². The van der Waals surface area contributed by atoms with E-state index in [9.17, 15) is 9.59 Å². The average molecular weight is 277 g/mol. The molecule has 1 aliphatic heterocycles. The number of hydrogen-bond donors (Lipinski definition) is 3. The second kappa shape index (κ2) is 6.91. The number of primary amides is 1. The summed E-state index contributed by atoms with van der Waals surface area (Å²) < 4.78 is 5.20. The molecule has 20 heavy (non-hydrogen) atoms. The first kappa shape index (κ1) is 14.3. The standard InChI is InChI=1S/C14H19N3O3/c15-13(18)9-20-12-5-1-4-11(7-12)17-14(19)10-3-2-6-16-8-10/h1,4-5,7,10,16H,2-3,6,8-9H2,(H2,15,18)(H,17,19)/t10-/m0/s1. The smallest absolute Gasteiger partial charge is 0.255 e. The fourth-order valence-electron chi connectivity index (χ4n) is 2.14. The van der Waals surface area contributed by atoms with E-state index >= 15 is 0 Å². The van der Waals surface area contributed by atoms with Crippen LogP contribution < -0.4 is 21.1 Å². The lowest BCUT2D eigenvalue weighted by atomic mass is 9.99. The summed E-state index contributed by atoms with van der Waals surface area (Å²) in [5.74, 6) is -0.0284. The van der Waals surface area contributed by atoms with Gasteiger partial charge in [-0.2, -0.15) is 0 Å². The number of carbonyl (C=O) groups is 2. The second-order valence-electron chi connectivity index (χ2n) is 4.82. The summed E-state index contributed by atoms with van der Waals surface area (Å²) in [6.07, 6.45) is 1.91. The van der Waals surface area contributed by atoms with Crippen LogP contribution in [-0.2, 0) is 9.59 Å². The zero-order valence-corrected chi connectivity index (χ0v) is 11.2. The lowest BCUT2D eigenvalue weighted by Gasteiger charge is -2.22. The third kappa shape index (κ3) is 4.24. The van der Waals surface area contributed by atoms with E-state index in [1.54, 1.807) is 24.3 Å². The first-order valence-corrected chi connectivity index (χ1v) is 6.68. The van der Waals surface area contributed by atoms with Crippen molar-refractivity contribution in [3.8, 4) is 5.75 Å². The zero-order chi connectivity index (χ0) is 14.4. The van der Waals surface area contributed by atoms with Gasteiger partial charge >= 0.3 is 0 Å². The molecule has 0 saturated carbocycles. The van der Waals surface area contributed by atoms with Crippen LogP contribution in [0.2, 0.25) is 0 Å². The van der Waals surface area contributed by atoms with Gasteiger partial charge in [-0.05, 0) is 31.5 Å². The van der Waals surface area contributed by atoms with E-state index in [-0.39, 0.29) is 18.4 Å². The first-order chi connectivity index (χ1) is 9.65. The van der Waals surface area contributed by atoms with Gasteiger partial charge in [0.25, 0.3) is 5.91 Å². The molecule has 108 valence electrons. The fraction of sp³-hybridized carbons (Fsp3) is 0.429. The normalized spacial score (nSPS) is 18.3. The molecule has 1 heterocycles. The molecule has 1 aliphatic rings. The minimum Gasteiger partial charge on any atom is -0.484 e. The number of rotatable bonds is 5. The number of piperidine rings is 1. The van der Waals surface area contributed by atoms with Gasteiger partial charge in [0, 0.05) is 18.3 Å². The predicted octanol–water partition coefficient (Wildman–Crippen LogP) is 0.489. The highest BCUT2D eigenvalue weighted by Gasteiger charge is 2.20. The first-order valence-electron chi connectivity index (χ1n) is 6.68. The molecular formula is C14H19N3O3. The summed E-state index contributed by atoms with van der Waals surface area (Å²) in [4.78, 5) is 22.7. The van der Waals surface area contributed by atoms with Gasteiger partial charge in [0.05, 0.1) is 5.92 Å². The summed E-state index contributed by atoms with van der Waals surface area (Å²) in [7, 11) is 0. The Morgan fingerprint density at radius 3 is 3.00 bits per heavy atom. The van der Waals surface area contributed by atoms with Gasteiger partial charge in [-0.1, -0.05) is 6.07 Å². The van der Waals surface area contributed by atoms with Gasteiger partial charge in [-0.15, -0.1) is 0 Å². The molecule has 1 fully saturated rings. The van der Waals surface area contributed by atoms with E-state index in [1.165, 1.54) is 0 Å². The topological polar surface area (TPSA) is 93.5 Å². The van der Waals surface area contributed by atoms with E-state index in [4.69, 9.17) is 10.5 Å². The molecule has 0 bridgehead atoms. The largest absolute Gasteiger partial charge is 0.484 e. The van der Waals surface area contributed by atoms with Crippen LogP contribution in [0.5, 0.6) is 5.75 Å². The Kier molecular flexibility index (Phi) is 4.95. The summed E-state index contributed by atoms with van der Waals surface area (Å²) >= 11 is 0. The summed E-state index contributed by atoms with van der Waals surface area (Å²) in [5.41, 5.74) is 5.67. The van der Waals surface area contributed by atoms with Crippen LogP contribution in [0.25, 0.3) is 0 Å². The molecule has 1 aromatic carbocycles. The summed E-state index contributed by atoms with van der Waals surface area (Å²) in [6.45, 7) is 1.51. The number of nitrogens with two attached hydrogens (primary N) is 1. The number of nitrogens with one attached hydrogen (secondary N) is 2. The molecule has 1 atom stereocenters. The van der Waals surface area contributed by atoms with Crippen molar-refractivity contribution in [2.24, 2.45) is 11.7 Å². The highest BCUT2D eigenvalue weighted by molar-refractivity contribution is 5.92. The van der Waals surface area contributed by atoms with E-state index in [0.717, 1.165) is 19.4 Å². The van der Waals surface area contributed by atoms with Crippen LogP contribution in [-0.4, -0.2) is 31.5 Å². The Labute approximate surface area is 117 Å². The van der Waals surface area contributed by atoms with E-state index in [1.807, 2.05) is 0 Å². The molecule has 2 amide bonds. The third-order valence-electron chi connectivity index (χ3n) is 3.15. The molecule has 0 spiro atoms. The third-order valence-corrected chi connectivity index (χ3v) is 3.15. The van der Waals surface area contributed by atoms with Crippen molar-refractivity contribution in [3.05, 3.63) is 24.3 Å². The van der Waals surface area contributed by atoms with Crippen LogP contribution in [0.15, 0.2) is 24.3 Å². The predicted molar refractivity (Wildman–Crippen MR) is 75.4 cm³/mol. The Balaban J connectivity index is 1.93. The highest BCUT2D eigenvalue weighted by Crippen LogP contribution is 2.19. The van der Waals surface area contributed by atoms with E-state index in [2.05, 4.69) is 10.6 Å². The van der Waals surface area contributed by atoms with Gasteiger partial charge in [-0.3, -0.25) is 9.59 Å². The number of amides is 2. The van der Waals surface area contributed by atoms with Gasteiger partial charge in [0.2, 0.25) is 5.91 Å². The molecule has 0 aliphatic carbocycles. The van der Waals surface area contributed by atoms with E-state index < -0.39 is 5.91 Å². The number of hydrogen-bond acceptors (Lipinski definition) is 4. The molecule has 4 N–H and O–H groups in total. The van der Waals surface area contributed by atoms with Crippen LogP contribution in [0.1, 0.15) is 12.8 Å². The molecule has 6 heteroatoms. The van der Waals surface area contributed by atoms with Crippen molar-refractivity contribution in [3.63, 3.8) is 0 Å². The zero-order valence-electron chi connectivity index (χ0n) is 11.2. The molecule has 0 radical (unpaired) electrons. The quantitative estimate of drug-likeness (QED) is 0.730. The maximum absolute atomic E-state index is 12.1. The Bertz CT molecular complexity index is 484. The van der Waals surface area contributed by atoms with Crippen molar-refractivity contribution in [1.29, 1.82) is 0 Å². The van der Waals surface area contributed by atoms with Crippen molar-refractivity contribution in [2.75, 3.05) is 25.0 Å². The molecule has 6 nitrogen and oxygen atoms in total. The Morgan fingerprint density at radius 1 is 1.45 bits per heavy atom. The van der Waals surface area contributed by atoms with Gasteiger partial charge in [0.1, 0.15) is 5.75 Å². The van der Waals surface area contributed by atoms with Crippen LogP contribution in [0, 0.1) is 5.92 Å². The number of ether oxygens (including phenoxy) is 1. The van der Waals surface area contributed by atoms with Crippen molar-refractivity contribution in [1.82, 2.24) is 5.32 Å². The molecule has 2 rings (SSSR count). The lowest BCUT2D eigenvalue weighted by Crippen LogP contribution is -2.37. The van der Waals surface area contributed by atoms with Gasteiger partial charge in [0.15, 0.2) is 6.61 Å². The summed E-state index contributed by atoms with van der Waals surface area (Å²) in [5, 5.41) is 6.07. The van der Waals surface area contributed by atoms with Crippen molar-refractivity contribution >= 4 is 17.5 Å². The lowest BCUT2D eigenvalue weighted by molar-refractivity contribution is -0.121. The molecule has 0 unspecified atom stereocenters. The van der Waals surface area contributed by atoms with Crippen LogP contribution in [0.3, 0.4) is 0 Å². The van der Waals surface area contributed by atoms with Crippen molar-refractivity contribution < 1.29 is 14.3 Å². The Morgan fingerprint density at radius 2 is 2.30 bits per heavy atom. The minimum absolute atomic E-state index is 0.000978. The van der Waals surface area contributed by atoms with Crippen LogP contribution >= 0.6 is 0 Å². The second-order valence-corrected chi connectivity index (χ2v) is 4.82. The monoisotopic (exact) mass is 277 g/mol. The van der Waals surface area contributed by atoms with Gasteiger partial charge < -0.3 is 21.1 Å². The number of carbonyl (C=O) groups excluding carboxylic acids is 2. The SMILES string of the molecule is NC(=O)COc1cccc(NC(=O)[C@H]2CCCNC2)c1. The Hall–Kier alpha value is -2.08. The summed E-state index contributed by atoms with van der Waals surface area (Å²) in [6, 6.07) is 6.92. The minimum atomic E-state index is -0.535. The average Bonchev–Trinajstić information content (AvgIpc) is 2.46.